The van der Waals surface area contributed by atoms with E-state index in [9.17, 15) is 9.59 Å². The molecule has 5 heteroatoms. The van der Waals surface area contributed by atoms with Gasteiger partial charge in [0.15, 0.2) is 0 Å². The van der Waals surface area contributed by atoms with E-state index in [0.717, 1.165) is 17.7 Å². The summed E-state index contributed by atoms with van der Waals surface area (Å²) in [5.74, 6) is 1.56. The normalized spacial score (nSPS) is 21.3. The van der Waals surface area contributed by atoms with Gasteiger partial charge in [-0.1, -0.05) is 42.5 Å². The molecule has 2 fully saturated rings. The van der Waals surface area contributed by atoms with E-state index in [0.29, 0.717) is 38.7 Å². The van der Waals surface area contributed by atoms with Crippen LogP contribution in [0, 0.1) is 5.92 Å². The molecular weight excluding hydrogens is 352 g/mol. The van der Waals surface area contributed by atoms with Crippen LogP contribution in [0.1, 0.15) is 30.4 Å². The highest BCUT2D eigenvalue weighted by atomic mass is 16.5. The van der Waals surface area contributed by atoms with Crippen molar-refractivity contribution in [3.63, 3.8) is 0 Å². The highest BCUT2D eigenvalue weighted by Crippen LogP contribution is 2.48. The lowest BCUT2D eigenvalue weighted by atomic mass is 10.1. The van der Waals surface area contributed by atoms with Crippen molar-refractivity contribution >= 4 is 11.8 Å². The van der Waals surface area contributed by atoms with E-state index < -0.39 is 0 Å². The number of amides is 2. The summed E-state index contributed by atoms with van der Waals surface area (Å²) in [5, 5.41) is 0. The predicted octanol–water partition coefficient (Wildman–Crippen LogP) is 3.06. The van der Waals surface area contributed by atoms with E-state index in [1.165, 1.54) is 5.56 Å². The first-order valence-corrected chi connectivity index (χ1v) is 9.93. The zero-order chi connectivity index (χ0) is 19.5. The van der Waals surface area contributed by atoms with Gasteiger partial charge in [-0.2, -0.15) is 0 Å². The van der Waals surface area contributed by atoms with Crippen LogP contribution in [0.5, 0.6) is 5.75 Å². The van der Waals surface area contributed by atoms with Gasteiger partial charge in [0, 0.05) is 39.0 Å². The first-order chi connectivity index (χ1) is 13.6. The Balaban J connectivity index is 1.28. The van der Waals surface area contributed by atoms with E-state index in [2.05, 4.69) is 12.1 Å². The lowest BCUT2D eigenvalue weighted by Crippen LogP contribution is -2.50. The number of rotatable bonds is 5. The molecular formula is C23H26N2O3. The minimum absolute atomic E-state index is 0.0833. The molecule has 2 atom stereocenters. The molecule has 0 bridgehead atoms. The minimum atomic E-state index is 0.0833. The summed E-state index contributed by atoms with van der Waals surface area (Å²) in [4.78, 5) is 27.9. The molecule has 2 amide bonds. The van der Waals surface area contributed by atoms with Crippen molar-refractivity contribution in [3.8, 4) is 5.75 Å². The zero-order valence-electron chi connectivity index (χ0n) is 16.2. The Morgan fingerprint density at radius 3 is 2.21 bits per heavy atom. The van der Waals surface area contributed by atoms with Gasteiger partial charge < -0.3 is 14.5 Å². The Labute approximate surface area is 165 Å². The molecule has 1 saturated heterocycles. The molecule has 1 aliphatic heterocycles. The third-order valence-electron chi connectivity index (χ3n) is 5.70. The van der Waals surface area contributed by atoms with Gasteiger partial charge in [-0.15, -0.1) is 0 Å². The minimum Gasteiger partial charge on any atom is -0.489 e. The maximum Gasteiger partial charge on any atom is 0.226 e. The third kappa shape index (κ3) is 4.19. The maximum atomic E-state index is 12.7. The first-order valence-electron chi connectivity index (χ1n) is 9.93. The molecule has 4 rings (SSSR count). The van der Waals surface area contributed by atoms with Crippen molar-refractivity contribution < 1.29 is 14.3 Å². The quantitative estimate of drug-likeness (QED) is 0.804. The Hall–Kier alpha value is -2.82. The summed E-state index contributed by atoms with van der Waals surface area (Å²) >= 11 is 0. The molecule has 0 N–H and O–H groups in total. The molecule has 1 heterocycles. The van der Waals surface area contributed by atoms with Gasteiger partial charge in [-0.3, -0.25) is 9.59 Å². The second-order valence-corrected chi connectivity index (χ2v) is 7.62. The van der Waals surface area contributed by atoms with E-state index in [-0.39, 0.29) is 17.7 Å². The molecule has 1 saturated carbocycles. The maximum absolute atomic E-state index is 12.7. The molecule has 28 heavy (non-hydrogen) atoms. The third-order valence-corrected chi connectivity index (χ3v) is 5.70. The van der Waals surface area contributed by atoms with Crippen LogP contribution in [0.25, 0.3) is 0 Å². The molecule has 1 aliphatic carbocycles. The number of ether oxygens (including phenoxy) is 1. The summed E-state index contributed by atoms with van der Waals surface area (Å²) in [6.45, 7) is 4.72. The lowest BCUT2D eigenvalue weighted by molar-refractivity contribution is -0.139. The second-order valence-electron chi connectivity index (χ2n) is 7.62. The smallest absolute Gasteiger partial charge is 0.226 e. The number of carbonyl (C=O) groups excluding carboxylic acids is 2. The van der Waals surface area contributed by atoms with Crippen LogP contribution in [-0.4, -0.2) is 47.8 Å². The van der Waals surface area contributed by atoms with Crippen LogP contribution < -0.4 is 4.74 Å². The zero-order valence-corrected chi connectivity index (χ0v) is 16.2. The molecule has 0 unspecified atom stereocenters. The Morgan fingerprint density at radius 2 is 1.57 bits per heavy atom. The number of carbonyl (C=O) groups is 2. The van der Waals surface area contributed by atoms with Gasteiger partial charge >= 0.3 is 0 Å². The molecule has 2 aromatic rings. The molecule has 2 aromatic carbocycles. The second kappa shape index (κ2) is 8.05. The number of benzene rings is 2. The van der Waals surface area contributed by atoms with Crippen molar-refractivity contribution in [1.29, 1.82) is 0 Å². The highest BCUT2D eigenvalue weighted by molar-refractivity contribution is 5.83. The van der Waals surface area contributed by atoms with Gasteiger partial charge in [0.25, 0.3) is 0 Å². The van der Waals surface area contributed by atoms with Gasteiger partial charge in [0.05, 0.1) is 0 Å². The largest absolute Gasteiger partial charge is 0.489 e. The summed E-state index contributed by atoms with van der Waals surface area (Å²) < 4.78 is 5.84. The van der Waals surface area contributed by atoms with Crippen molar-refractivity contribution in [2.24, 2.45) is 5.92 Å². The van der Waals surface area contributed by atoms with Crippen LogP contribution >= 0.6 is 0 Å². The fourth-order valence-corrected chi connectivity index (χ4v) is 3.86. The van der Waals surface area contributed by atoms with Crippen molar-refractivity contribution in [1.82, 2.24) is 9.80 Å². The van der Waals surface area contributed by atoms with Gasteiger partial charge in [-0.25, -0.2) is 0 Å². The molecule has 0 radical (unpaired) electrons. The van der Waals surface area contributed by atoms with Gasteiger partial charge in [0.1, 0.15) is 12.4 Å². The number of hydrogen-bond donors (Lipinski definition) is 0. The van der Waals surface area contributed by atoms with E-state index in [1.807, 2.05) is 52.3 Å². The summed E-state index contributed by atoms with van der Waals surface area (Å²) in [5.41, 5.74) is 2.34. The highest BCUT2D eigenvalue weighted by Gasteiger charge is 2.46. The lowest BCUT2D eigenvalue weighted by Gasteiger charge is -2.34. The Morgan fingerprint density at radius 1 is 0.929 bits per heavy atom. The number of hydrogen-bond acceptors (Lipinski definition) is 3. The fraction of sp³-hybridized carbons (Fsp3) is 0.391. The van der Waals surface area contributed by atoms with Crippen LogP contribution in [0.2, 0.25) is 0 Å². The Kier molecular flexibility index (Phi) is 5.33. The van der Waals surface area contributed by atoms with Crippen molar-refractivity contribution in [3.05, 3.63) is 65.7 Å². The average Bonchev–Trinajstić information content (AvgIpc) is 3.54. The topological polar surface area (TPSA) is 49.9 Å². The first kappa shape index (κ1) is 18.5. The van der Waals surface area contributed by atoms with E-state index in [1.54, 1.807) is 6.92 Å². The molecule has 0 aromatic heterocycles. The Bertz CT molecular complexity index is 827. The van der Waals surface area contributed by atoms with Crippen LogP contribution in [-0.2, 0) is 16.2 Å². The summed E-state index contributed by atoms with van der Waals surface area (Å²) in [6, 6.07) is 18.2. The summed E-state index contributed by atoms with van der Waals surface area (Å²) in [7, 11) is 0. The van der Waals surface area contributed by atoms with Gasteiger partial charge in [0.2, 0.25) is 11.8 Å². The number of nitrogens with zero attached hydrogens (tertiary/aromatic N) is 2. The van der Waals surface area contributed by atoms with E-state index >= 15 is 0 Å². The van der Waals surface area contributed by atoms with Crippen LogP contribution in [0.4, 0.5) is 0 Å². The molecule has 5 nitrogen and oxygen atoms in total. The molecule has 2 aliphatic rings. The molecule has 146 valence electrons. The van der Waals surface area contributed by atoms with Crippen molar-refractivity contribution in [2.45, 2.75) is 25.9 Å². The average molecular weight is 378 g/mol. The molecule has 0 spiro atoms. The van der Waals surface area contributed by atoms with E-state index in [4.69, 9.17) is 4.74 Å². The van der Waals surface area contributed by atoms with Gasteiger partial charge in [-0.05, 0) is 35.6 Å². The standard InChI is InChI=1S/C23H26N2O3/c1-17(26)24-11-13-25(14-12-24)23(27)22-15-21(22)19-7-9-20(10-8-19)28-16-18-5-3-2-4-6-18/h2-10,21-22H,11-16H2,1H3/t21-,22+/m0/s1. The monoisotopic (exact) mass is 378 g/mol. The SMILES string of the molecule is CC(=O)N1CCN(C(=O)[C@@H]2C[C@H]2c2ccc(OCc3ccccc3)cc2)CC1. The van der Waals surface area contributed by atoms with Crippen molar-refractivity contribution in [2.75, 3.05) is 26.2 Å². The van der Waals surface area contributed by atoms with Crippen LogP contribution in [0.3, 0.4) is 0 Å². The predicted molar refractivity (Wildman–Crippen MR) is 107 cm³/mol. The fourth-order valence-electron chi connectivity index (χ4n) is 3.86. The number of piperazine rings is 1. The van der Waals surface area contributed by atoms with Crippen LogP contribution in [0.15, 0.2) is 54.6 Å². The summed E-state index contributed by atoms with van der Waals surface area (Å²) in [6.07, 6.45) is 0.913.